The summed E-state index contributed by atoms with van der Waals surface area (Å²) in [7, 11) is 0. The monoisotopic (exact) mass is 343 g/mol. The second-order valence-corrected chi connectivity index (χ2v) is 6.68. The minimum atomic E-state index is 0.714. The maximum Gasteiger partial charge on any atom is 0.164 e. The largest absolute Gasteiger partial charge is 0.340 e. The van der Waals surface area contributed by atoms with E-state index in [1.54, 1.807) is 4.52 Å². The van der Waals surface area contributed by atoms with Crippen molar-refractivity contribution in [3.8, 4) is 0 Å². The van der Waals surface area contributed by atoms with Crippen molar-refractivity contribution in [2.24, 2.45) is 0 Å². The maximum absolute atomic E-state index is 5.91. The lowest BCUT2D eigenvalue weighted by molar-refractivity contribution is 0.916. The fraction of sp³-hybridized carbons (Fsp3) is 0.125. The first-order valence-corrected chi connectivity index (χ1v) is 8.55. The number of rotatable bonds is 3. The molecule has 0 bridgehead atoms. The Morgan fingerprint density at radius 3 is 2.91 bits per heavy atom. The van der Waals surface area contributed by atoms with Gasteiger partial charge in [-0.2, -0.15) is 5.10 Å². The Bertz CT molecular complexity index is 864. The molecule has 1 aliphatic rings. The number of anilines is 2. The Labute approximate surface area is 142 Å². The number of benzene rings is 1. The van der Waals surface area contributed by atoms with Crippen LogP contribution >= 0.6 is 23.4 Å². The standard InChI is InChI=1S/C16H14ClN5S/c17-12-1-3-13(4-2-12)20-15-5-6-22-16(21-15)11(8-19-22)7-14-9-18-10-23-14/h1-8,18H,9-10H2,(H,20,21). The Morgan fingerprint density at radius 1 is 1.26 bits per heavy atom. The summed E-state index contributed by atoms with van der Waals surface area (Å²) in [6, 6.07) is 9.45. The molecule has 0 aliphatic carbocycles. The summed E-state index contributed by atoms with van der Waals surface area (Å²) in [5.41, 5.74) is 2.81. The van der Waals surface area contributed by atoms with Crippen LogP contribution in [0.4, 0.5) is 11.5 Å². The Morgan fingerprint density at radius 2 is 2.13 bits per heavy atom. The van der Waals surface area contributed by atoms with E-state index in [1.165, 1.54) is 4.91 Å². The third kappa shape index (κ3) is 3.19. The van der Waals surface area contributed by atoms with Crippen molar-refractivity contribution in [1.82, 2.24) is 19.9 Å². The molecule has 0 unspecified atom stereocenters. The molecule has 0 radical (unpaired) electrons. The summed E-state index contributed by atoms with van der Waals surface area (Å²) in [4.78, 5) is 5.98. The number of thioether (sulfide) groups is 1. The minimum absolute atomic E-state index is 0.714. The minimum Gasteiger partial charge on any atom is -0.340 e. The van der Waals surface area contributed by atoms with Gasteiger partial charge in [0, 0.05) is 39.8 Å². The van der Waals surface area contributed by atoms with E-state index in [0.29, 0.717) is 5.02 Å². The van der Waals surface area contributed by atoms with Gasteiger partial charge in [0.05, 0.1) is 6.20 Å². The Hall–Kier alpha value is -2.02. The van der Waals surface area contributed by atoms with Crippen LogP contribution in [0.2, 0.25) is 5.02 Å². The topological polar surface area (TPSA) is 54.2 Å². The highest BCUT2D eigenvalue weighted by molar-refractivity contribution is 8.03. The molecule has 0 atom stereocenters. The van der Waals surface area contributed by atoms with E-state index in [4.69, 9.17) is 11.6 Å². The molecule has 2 aromatic heterocycles. The van der Waals surface area contributed by atoms with Gasteiger partial charge in [0.15, 0.2) is 5.65 Å². The first-order chi connectivity index (χ1) is 11.3. The summed E-state index contributed by atoms with van der Waals surface area (Å²) >= 11 is 7.73. The lowest BCUT2D eigenvalue weighted by Gasteiger charge is -2.06. The predicted molar refractivity (Wildman–Crippen MR) is 96.2 cm³/mol. The van der Waals surface area contributed by atoms with Gasteiger partial charge in [-0.05, 0) is 36.4 Å². The van der Waals surface area contributed by atoms with E-state index in [1.807, 2.05) is 54.5 Å². The molecule has 3 heterocycles. The highest BCUT2D eigenvalue weighted by Crippen LogP contribution is 2.24. The van der Waals surface area contributed by atoms with Crippen LogP contribution in [0.5, 0.6) is 0 Å². The SMILES string of the molecule is Clc1ccc(Nc2ccn3ncc(C=C4CNCS4)c3n2)cc1. The fourth-order valence-corrected chi connectivity index (χ4v) is 3.30. The number of nitrogens with zero attached hydrogens (tertiary/aromatic N) is 3. The summed E-state index contributed by atoms with van der Waals surface area (Å²) in [6.07, 6.45) is 5.90. The summed E-state index contributed by atoms with van der Waals surface area (Å²) in [5, 5.41) is 11.7. The van der Waals surface area contributed by atoms with Crippen LogP contribution in [0.1, 0.15) is 5.56 Å². The van der Waals surface area contributed by atoms with Crippen molar-refractivity contribution in [1.29, 1.82) is 0 Å². The first kappa shape index (κ1) is 14.6. The average molecular weight is 344 g/mol. The van der Waals surface area contributed by atoms with Crippen molar-refractivity contribution in [2.45, 2.75) is 0 Å². The van der Waals surface area contributed by atoms with Gasteiger partial charge in [0.2, 0.25) is 0 Å². The van der Waals surface area contributed by atoms with E-state index in [2.05, 4.69) is 26.8 Å². The van der Waals surface area contributed by atoms with Gasteiger partial charge in [-0.1, -0.05) is 11.6 Å². The maximum atomic E-state index is 5.91. The van der Waals surface area contributed by atoms with Crippen LogP contribution in [-0.4, -0.2) is 27.0 Å². The van der Waals surface area contributed by atoms with E-state index in [0.717, 1.165) is 35.1 Å². The molecule has 7 heteroatoms. The van der Waals surface area contributed by atoms with E-state index < -0.39 is 0 Å². The van der Waals surface area contributed by atoms with Gasteiger partial charge in [0.1, 0.15) is 5.82 Å². The molecule has 0 spiro atoms. The van der Waals surface area contributed by atoms with Crippen LogP contribution in [-0.2, 0) is 0 Å². The van der Waals surface area contributed by atoms with Crippen molar-refractivity contribution in [3.05, 3.63) is 58.2 Å². The molecular weight excluding hydrogens is 330 g/mol. The Kier molecular flexibility index (Phi) is 3.95. The predicted octanol–water partition coefficient (Wildman–Crippen LogP) is 3.76. The van der Waals surface area contributed by atoms with E-state index in [-0.39, 0.29) is 0 Å². The first-order valence-electron chi connectivity index (χ1n) is 7.19. The van der Waals surface area contributed by atoms with Crippen LogP contribution in [0, 0.1) is 0 Å². The summed E-state index contributed by atoms with van der Waals surface area (Å²) in [5.74, 6) is 1.74. The van der Waals surface area contributed by atoms with Crippen molar-refractivity contribution >= 4 is 46.6 Å². The molecule has 1 saturated heterocycles. The highest BCUT2D eigenvalue weighted by Gasteiger charge is 2.10. The zero-order valence-corrected chi connectivity index (χ0v) is 13.7. The fourth-order valence-electron chi connectivity index (χ4n) is 2.37. The van der Waals surface area contributed by atoms with Gasteiger partial charge in [-0.15, -0.1) is 11.8 Å². The summed E-state index contributed by atoms with van der Waals surface area (Å²) in [6.45, 7) is 0.907. The Balaban J connectivity index is 1.66. The third-order valence-electron chi connectivity index (χ3n) is 3.49. The molecule has 0 amide bonds. The van der Waals surface area contributed by atoms with Crippen LogP contribution in [0.15, 0.2) is 47.6 Å². The zero-order valence-electron chi connectivity index (χ0n) is 12.2. The molecule has 116 valence electrons. The molecule has 3 aromatic rings. The lowest BCUT2D eigenvalue weighted by atomic mass is 10.3. The quantitative estimate of drug-likeness (QED) is 0.758. The second-order valence-electron chi connectivity index (χ2n) is 5.14. The van der Waals surface area contributed by atoms with Crippen molar-refractivity contribution < 1.29 is 0 Å². The normalized spacial score (nSPS) is 16.3. The number of nitrogens with one attached hydrogen (secondary N) is 2. The number of hydrogen-bond donors (Lipinski definition) is 2. The van der Waals surface area contributed by atoms with E-state index >= 15 is 0 Å². The van der Waals surface area contributed by atoms with Crippen LogP contribution in [0.3, 0.4) is 0 Å². The molecule has 23 heavy (non-hydrogen) atoms. The molecule has 1 aliphatic heterocycles. The lowest BCUT2D eigenvalue weighted by Crippen LogP contribution is -2.04. The van der Waals surface area contributed by atoms with Gasteiger partial charge in [0.25, 0.3) is 0 Å². The molecular formula is C16H14ClN5S. The molecule has 0 saturated carbocycles. The zero-order chi connectivity index (χ0) is 15.6. The van der Waals surface area contributed by atoms with Gasteiger partial charge in [-0.3, -0.25) is 0 Å². The van der Waals surface area contributed by atoms with E-state index in [9.17, 15) is 0 Å². The third-order valence-corrected chi connectivity index (χ3v) is 4.72. The number of aromatic nitrogens is 3. The summed E-state index contributed by atoms with van der Waals surface area (Å²) < 4.78 is 1.78. The molecule has 5 nitrogen and oxygen atoms in total. The highest BCUT2D eigenvalue weighted by atomic mass is 35.5. The second kappa shape index (κ2) is 6.23. The molecule has 2 N–H and O–H groups in total. The van der Waals surface area contributed by atoms with Crippen LogP contribution < -0.4 is 10.6 Å². The average Bonchev–Trinajstić information content (AvgIpc) is 3.21. The smallest absolute Gasteiger partial charge is 0.164 e. The van der Waals surface area contributed by atoms with Crippen molar-refractivity contribution in [3.63, 3.8) is 0 Å². The number of fused-ring (bicyclic) bond motifs is 1. The van der Waals surface area contributed by atoms with Crippen molar-refractivity contribution in [2.75, 3.05) is 17.7 Å². The number of hydrogen-bond acceptors (Lipinski definition) is 5. The van der Waals surface area contributed by atoms with Gasteiger partial charge >= 0.3 is 0 Å². The number of halogens is 1. The van der Waals surface area contributed by atoms with Crippen LogP contribution in [0.25, 0.3) is 11.7 Å². The van der Waals surface area contributed by atoms with Gasteiger partial charge < -0.3 is 10.6 Å². The molecule has 1 fully saturated rings. The van der Waals surface area contributed by atoms with Gasteiger partial charge in [-0.25, -0.2) is 9.50 Å². The molecule has 1 aromatic carbocycles. The molecule has 4 rings (SSSR count).